The highest BCUT2D eigenvalue weighted by atomic mass is 16.5. The Morgan fingerprint density at radius 3 is 2.75 bits per heavy atom. The second-order valence-electron chi connectivity index (χ2n) is 3.07. The standard InChI is InChI=1S/C8H8O4/c9-7(10)5-3-4-1-2-6(5)12-8(4)11/h1-2,4-6H,3H2,(H,9,10)/t4-,5+,6+/m1/s1. The monoisotopic (exact) mass is 168 g/mol. The third-order valence-electron chi connectivity index (χ3n) is 2.31. The first-order valence-corrected chi connectivity index (χ1v) is 3.80. The Balaban J connectivity index is 2.24. The van der Waals surface area contributed by atoms with E-state index in [-0.39, 0.29) is 11.9 Å². The third-order valence-corrected chi connectivity index (χ3v) is 2.31. The Bertz CT molecular complexity index is 268. The van der Waals surface area contributed by atoms with Gasteiger partial charge >= 0.3 is 11.9 Å². The zero-order chi connectivity index (χ0) is 8.72. The van der Waals surface area contributed by atoms with Crippen LogP contribution in [0.25, 0.3) is 0 Å². The van der Waals surface area contributed by atoms with Gasteiger partial charge in [-0.3, -0.25) is 9.59 Å². The summed E-state index contributed by atoms with van der Waals surface area (Å²) in [6, 6.07) is 0. The molecule has 0 aromatic heterocycles. The van der Waals surface area contributed by atoms with Gasteiger partial charge in [0, 0.05) is 0 Å². The van der Waals surface area contributed by atoms with Crippen LogP contribution in [0.1, 0.15) is 6.42 Å². The Labute approximate surface area is 68.8 Å². The van der Waals surface area contributed by atoms with Gasteiger partial charge in [-0.25, -0.2) is 0 Å². The number of aliphatic carboxylic acids is 1. The lowest BCUT2D eigenvalue weighted by molar-refractivity contribution is -0.168. The zero-order valence-electron chi connectivity index (χ0n) is 6.27. The van der Waals surface area contributed by atoms with Crippen LogP contribution >= 0.6 is 0 Å². The fraction of sp³-hybridized carbons (Fsp3) is 0.500. The number of hydrogen-bond donors (Lipinski definition) is 1. The molecule has 2 aliphatic heterocycles. The van der Waals surface area contributed by atoms with Crippen molar-refractivity contribution < 1.29 is 19.4 Å². The highest BCUT2D eigenvalue weighted by Gasteiger charge is 2.42. The van der Waals surface area contributed by atoms with Crippen molar-refractivity contribution in [2.24, 2.45) is 11.8 Å². The van der Waals surface area contributed by atoms with Gasteiger partial charge in [0.15, 0.2) is 0 Å². The van der Waals surface area contributed by atoms with E-state index in [0.29, 0.717) is 6.42 Å². The van der Waals surface area contributed by atoms with Crippen molar-refractivity contribution in [3.63, 3.8) is 0 Å². The quantitative estimate of drug-likeness (QED) is 0.448. The molecule has 0 saturated carbocycles. The molecule has 64 valence electrons. The largest absolute Gasteiger partial charge is 0.481 e. The first kappa shape index (κ1) is 7.34. The molecule has 1 N–H and O–H groups in total. The van der Waals surface area contributed by atoms with Crippen LogP contribution in [0.5, 0.6) is 0 Å². The lowest BCUT2D eigenvalue weighted by Crippen LogP contribution is -2.43. The number of ether oxygens (including phenoxy) is 1. The molecule has 4 nitrogen and oxygen atoms in total. The Morgan fingerprint density at radius 2 is 2.33 bits per heavy atom. The Kier molecular flexibility index (Phi) is 1.43. The van der Waals surface area contributed by atoms with Gasteiger partial charge in [0.2, 0.25) is 0 Å². The van der Waals surface area contributed by atoms with E-state index in [1.807, 2.05) is 0 Å². The smallest absolute Gasteiger partial charge is 0.313 e. The molecule has 0 amide bonds. The minimum atomic E-state index is -0.887. The van der Waals surface area contributed by atoms with Crippen molar-refractivity contribution >= 4 is 11.9 Å². The van der Waals surface area contributed by atoms with Gasteiger partial charge in [-0.05, 0) is 12.5 Å². The van der Waals surface area contributed by atoms with Crippen molar-refractivity contribution in [2.75, 3.05) is 0 Å². The van der Waals surface area contributed by atoms with Crippen molar-refractivity contribution in [3.8, 4) is 0 Å². The SMILES string of the molecule is O=C1O[C@H]2C=C[C@@H]1C[C@@H]2C(=O)O. The summed E-state index contributed by atoms with van der Waals surface area (Å²) < 4.78 is 4.85. The summed E-state index contributed by atoms with van der Waals surface area (Å²) in [5.41, 5.74) is 0. The zero-order valence-corrected chi connectivity index (χ0v) is 6.27. The Hall–Kier alpha value is -1.32. The molecule has 1 aliphatic carbocycles. The molecule has 3 atom stereocenters. The number of fused-ring (bicyclic) bond motifs is 2. The molecule has 3 aliphatic rings. The molecule has 4 heteroatoms. The summed E-state index contributed by atoms with van der Waals surface area (Å²) in [4.78, 5) is 21.6. The van der Waals surface area contributed by atoms with Crippen LogP contribution in [0.15, 0.2) is 12.2 Å². The van der Waals surface area contributed by atoms with Gasteiger partial charge in [0.25, 0.3) is 0 Å². The molecule has 2 bridgehead atoms. The van der Waals surface area contributed by atoms with Gasteiger partial charge in [0.1, 0.15) is 6.10 Å². The third kappa shape index (κ3) is 0.913. The maximum Gasteiger partial charge on any atom is 0.313 e. The summed E-state index contributed by atoms with van der Waals surface area (Å²) in [6.45, 7) is 0. The van der Waals surface area contributed by atoms with Crippen LogP contribution in [-0.4, -0.2) is 23.1 Å². The van der Waals surface area contributed by atoms with E-state index in [2.05, 4.69) is 0 Å². The molecule has 3 rings (SSSR count). The van der Waals surface area contributed by atoms with Crippen LogP contribution in [0.4, 0.5) is 0 Å². The molecule has 0 unspecified atom stereocenters. The van der Waals surface area contributed by atoms with Crippen LogP contribution in [0, 0.1) is 11.8 Å². The van der Waals surface area contributed by atoms with E-state index in [1.54, 1.807) is 12.2 Å². The van der Waals surface area contributed by atoms with Gasteiger partial charge in [-0.2, -0.15) is 0 Å². The average Bonchev–Trinajstić information content (AvgIpc) is 2.04. The van der Waals surface area contributed by atoms with Gasteiger partial charge in [-0.1, -0.05) is 6.08 Å². The van der Waals surface area contributed by atoms with Crippen LogP contribution in [-0.2, 0) is 14.3 Å². The number of esters is 1. The van der Waals surface area contributed by atoms with E-state index < -0.39 is 18.0 Å². The minimum absolute atomic E-state index is 0.292. The van der Waals surface area contributed by atoms with Crippen molar-refractivity contribution in [2.45, 2.75) is 12.5 Å². The van der Waals surface area contributed by atoms with Crippen LogP contribution < -0.4 is 0 Å². The first-order valence-electron chi connectivity index (χ1n) is 3.80. The number of carboxylic acids is 1. The fourth-order valence-electron chi connectivity index (χ4n) is 1.62. The van der Waals surface area contributed by atoms with Crippen LogP contribution in [0.2, 0.25) is 0 Å². The molecule has 1 saturated heterocycles. The molecule has 2 heterocycles. The van der Waals surface area contributed by atoms with E-state index in [0.717, 1.165) is 0 Å². The molecular formula is C8H8O4. The van der Waals surface area contributed by atoms with Crippen molar-refractivity contribution in [3.05, 3.63) is 12.2 Å². The number of carbonyl (C=O) groups is 2. The number of carboxylic acid groups (broad SMARTS) is 1. The highest BCUT2D eigenvalue weighted by Crippen LogP contribution is 2.32. The molecule has 0 spiro atoms. The lowest BCUT2D eigenvalue weighted by Gasteiger charge is -2.34. The topological polar surface area (TPSA) is 63.6 Å². The summed E-state index contributed by atoms with van der Waals surface area (Å²) in [6.07, 6.45) is 3.24. The van der Waals surface area contributed by atoms with E-state index in [4.69, 9.17) is 9.84 Å². The van der Waals surface area contributed by atoms with E-state index >= 15 is 0 Å². The minimum Gasteiger partial charge on any atom is -0.481 e. The number of hydrogen-bond acceptors (Lipinski definition) is 3. The number of carbonyl (C=O) groups excluding carboxylic acids is 1. The maximum absolute atomic E-state index is 11.0. The molecule has 0 aromatic rings. The summed E-state index contributed by atoms with van der Waals surface area (Å²) in [7, 11) is 0. The number of rotatable bonds is 1. The molecule has 0 aromatic carbocycles. The van der Waals surface area contributed by atoms with Gasteiger partial charge in [-0.15, -0.1) is 0 Å². The van der Waals surface area contributed by atoms with E-state index in [9.17, 15) is 9.59 Å². The van der Waals surface area contributed by atoms with Crippen molar-refractivity contribution in [1.29, 1.82) is 0 Å². The Morgan fingerprint density at radius 1 is 1.58 bits per heavy atom. The van der Waals surface area contributed by atoms with E-state index in [1.165, 1.54) is 0 Å². The normalized spacial score (nSPS) is 38.0. The average molecular weight is 168 g/mol. The molecular weight excluding hydrogens is 160 g/mol. The summed E-state index contributed by atoms with van der Waals surface area (Å²) >= 11 is 0. The second kappa shape index (κ2) is 2.33. The highest BCUT2D eigenvalue weighted by molar-refractivity contribution is 5.81. The molecule has 0 radical (unpaired) electrons. The maximum atomic E-state index is 11.0. The van der Waals surface area contributed by atoms with Gasteiger partial charge < -0.3 is 9.84 Å². The van der Waals surface area contributed by atoms with Gasteiger partial charge in [0.05, 0.1) is 11.8 Å². The van der Waals surface area contributed by atoms with Crippen LogP contribution in [0.3, 0.4) is 0 Å². The first-order chi connectivity index (χ1) is 5.68. The summed E-state index contributed by atoms with van der Waals surface area (Å²) in [5, 5.41) is 8.72. The second-order valence-corrected chi connectivity index (χ2v) is 3.07. The molecule has 1 fully saturated rings. The lowest BCUT2D eigenvalue weighted by atomic mass is 9.82. The predicted molar refractivity (Wildman–Crippen MR) is 38.3 cm³/mol. The molecule has 12 heavy (non-hydrogen) atoms. The van der Waals surface area contributed by atoms with Crippen molar-refractivity contribution in [1.82, 2.24) is 0 Å². The fourth-order valence-corrected chi connectivity index (χ4v) is 1.62. The predicted octanol–water partition coefficient (Wildman–Crippen LogP) is 0.189. The summed E-state index contributed by atoms with van der Waals surface area (Å²) in [5.74, 6) is -2.06.